The number of hydrogen-bond acceptors (Lipinski definition) is 2. The van der Waals surface area contributed by atoms with Crippen molar-refractivity contribution < 1.29 is 8.83 Å². The Hall–Kier alpha value is -11.6. The second kappa shape index (κ2) is 20.0. The lowest BCUT2D eigenvalue weighted by Crippen LogP contribution is -1.92. The van der Waals surface area contributed by atoms with Crippen molar-refractivity contribution in [3.8, 4) is 89.0 Å². The summed E-state index contributed by atoms with van der Waals surface area (Å²) in [7, 11) is 0. The lowest BCUT2D eigenvalue weighted by Gasteiger charge is -2.19. The lowest BCUT2D eigenvalue weighted by molar-refractivity contribution is 0.669. The van der Waals surface area contributed by atoms with Crippen molar-refractivity contribution in [3.05, 3.63) is 315 Å². The van der Waals surface area contributed by atoms with Crippen LogP contribution in [0.25, 0.3) is 187 Å². The van der Waals surface area contributed by atoms with Crippen LogP contribution in [0.2, 0.25) is 0 Å². The van der Waals surface area contributed by atoms with E-state index in [9.17, 15) is 0 Å². The molecule has 0 aliphatic rings. The predicted octanol–water partition coefficient (Wildman–Crippen LogP) is 24.6. The summed E-state index contributed by atoms with van der Waals surface area (Å²) in [4.78, 5) is 0. The zero-order valence-electron chi connectivity index (χ0n) is 47.8. The van der Waals surface area contributed by atoms with Crippen molar-refractivity contribution in [2.75, 3.05) is 0 Å². The van der Waals surface area contributed by atoms with Crippen molar-refractivity contribution in [3.63, 3.8) is 0 Å². The van der Waals surface area contributed by atoms with Crippen molar-refractivity contribution in [2.45, 2.75) is 0 Å². The van der Waals surface area contributed by atoms with Gasteiger partial charge in [-0.2, -0.15) is 0 Å². The molecule has 18 rings (SSSR count). The highest BCUT2D eigenvalue weighted by molar-refractivity contribution is 6.26. The van der Waals surface area contributed by atoms with Gasteiger partial charge < -0.3 is 8.83 Å². The molecule has 2 nitrogen and oxygen atoms in total. The minimum atomic E-state index is 0.857. The molecule has 0 atom stereocenters. The Morgan fingerprint density at radius 3 is 1.11 bits per heavy atom. The van der Waals surface area contributed by atoms with Gasteiger partial charge in [-0.15, -0.1) is 0 Å². The molecular weight excluding hydrogens is 1060 g/mol. The fourth-order valence-corrected chi connectivity index (χ4v) is 14.7. The summed E-state index contributed by atoms with van der Waals surface area (Å²) in [6.45, 7) is 0. The second-order valence-corrected chi connectivity index (χ2v) is 23.2. The first-order valence-electron chi connectivity index (χ1n) is 30.3. The normalized spacial score (nSPS) is 11.9. The fraction of sp³-hybridized carbons (Fsp3) is 0. The first-order valence-corrected chi connectivity index (χ1v) is 30.3. The van der Waals surface area contributed by atoms with Crippen LogP contribution in [-0.4, -0.2) is 0 Å². The smallest absolute Gasteiger partial charge is 0.143 e. The Balaban J connectivity index is 0.770. The molecule has 0 saturated heterocycles. The molecule has 0 amide bonds. The highest BCUT2D eigenvalue weighted by Gasteiger charge is 2.24. The molecule has 0 radical (unpaired) electrons. The average Bonchev–Trinajstić information content (AvgIpc) is 1.85. The van der Waals surface area contributed by atoms with Crippen LogP contribution in [0.5, 0.6) is 0 Å². The van der Waals surface area contributed by atoms with E-state index in [1.807, 2.05) is 0 Å². The molecule has 0 spiro atoms. The van der Waals surface area contributed by atoms with Crippen LogP contribution in [0.3, 0.4) is 0 Å². The highest BCUT2D eigenvalue weighted by atomic mass is 16.3. The molecule has 0 aliphatic heterocycles. The van der Waals surface area contributed by atoms with Gasteiger partial charge in [-0.1, -0.05) is 285 Å². The molecule has 0 aliphatic carbocycles. The molecule has 88 heavy (non-hydrogen) atoms. The van der Waals surface area contributed by atoms with Crippen LogP contribution in [0.4, 0.5) is 0 Å². The van der Waals surface area contributed by atoms with Gasteiger partial charge in [-0.05, 0) is 168 Å². The first kappa shape index (κ1) is 49.8. The summed E-state index contributed by atoms with van der Waals surface area (Å²) >= 11 is 0. The summed E-state index contributed by atoms with van der Waals surface area (Å²) in [5.41, 5.74) is 22.2. The van der Waals surface area contributed by atoms with E-state index in [0.717, 1.165) is 88.4 Å². The van der Waals surface area contributed by atoms with Crippen molar-refractivity contribution >= 4 is 97.7 Å². The largest absolute Gasteiger partial charge is 0.456 e. The molecular formula is C86H52O2. The molecule has 0 bridgehead atoms. The van der Waals surface area contributed by atoms with Gasteiger partial charge in [0.05, 0.1) is 0 Å². The molecule has 18 aromatic rings. The molecule has 16 aromatic carbocycles. The van der Waals surface area contributed by atoms with Gasteiger partial charge in [-0.3, -0.25) is 0 Å². The molecule has 0 N–H and O–H groups in total. The Morgan fingerprint density at radius 2 is 0.534 bits per heavy atom. The SMILES string of the molecule is c1ccc(-c2c3ccccc3c(-c3ccc4c(c3)oc3cc(-c5cccc6c(-c7c8ccccc8c(-c8ccc(-c9cccc%10c9oc9cccc(-c%11ccccc%11)c9%10)cc8)c8ccccc78)cccc56)cc(-c5ccccc5)c34)c3ccccc23)cc1. The topological polar surface area (TPSA) is 26.3 Å². The summed E-state index contributed by atoms with van der Waals surface area (Å²) in [6, 6.07) is 115. The van der Waals surface area contributed by atoms with Crippen LogP contribution in [-0.2, 0) is 0 Å². The van der Waals surface area contributed by atoms with Crippen molar-refractivity contribution in [2.24, 2.45) is 0 Å². The van der Waals surface area contributed by atoms with E-state index >= 15 is 0 Å². The summed E-state index contributed by atoms with van der Waals surface area (Å²) in [5, 5.41) is 16.6. The van der Waals surface area contributed by atoms with Crippen LogP contribution in [0, 0.1) is 0 Å². The summed E-state index contributed by atoms with van der Waals surface area (Å²) in [6.07, 6.45) is 0. The predicted molar refractivity (Wildman–Crippen MR) is 372 cm³/mol. The van der Waals surface area contributed by atoms with Gasteiger partial charge in [0.2, 0.25) is 0 Å². The molecule has 0 unspecified atom stereocenters. The summed E-state index contributed by atoms with van der Waals surface area (Å²) < 4.78 is 13.9. The minimum absolute atomic E-state index is 0.857. The molecule has 2 heteroatoms. The zero-order valence-corrected chi connectivity index (χ0v) is 47.8. The maximum atomic E-state index is 7.18. The Labute approximate surface area is 508 Å². The molecule has 2 heterocycles. The maximum Gasteiger partial charge on any atom is 0.143 e. The molecule has 0 fully saturated rings. The van der Waals surface area contributed by atoms with Gasteiger partial charge in [0.25, 0.3) is 0 Å². The second-order valence-electron chi connectivity index (χ2n) is 23.2. The van der Waals surface area contributed by atoms with Gasteiger partial charge in [0, 0.05) is 27.1 Å². The third kappa shape index (κ3) is 7.76. The quantitative estimate of drug-likeness (QED) is 0.142. The van der Waals surface area contributed by atoms with Crippen LogP contribution in [0.1, 0.15) is 0 Å². The van der Waals surface area contributed by atoms with E-state index in [0.29, 0.717) is 0 Å². The lowest BCUT2D eigenvalue weighted by atomic mass is 9.83. The monoisotopic (exact) mass is 1120 g/mol. The van der Waals surface area contributed by atoms with E-state index in [1.54, 1.807) is 0 Å². The molecule has 2 aromatic heterocycles. The van der Waals surface area contributed by atoms with E-state index < -0.39 is 0 Å². The number of benzene rings is 16. The number of para-hydroxylation sites is 1. The van der Waals surface area contributed by atoms with Crippen LogP contribution < -0.4 is 0 Å². The van der Waals surface area contributed by atoms with Gasteiger partial charge in [0.15, 0.2) is 0 Å². The first-order chi connectivity index (χ1) is 43.7. The van der Waals surface area contributed by atoms with E-state index in [2.05, 4.69) is 315 Å². The Kier molecular flexibility index (Phi) is 11.3. The highest BCUT2D eigenvalue weighted by Crippen LogP contribution is 2.50. The van der Waals surface area contributed by atoms with Gasteiger partial charge in [0.1, 0.15) is 22.3 Å². The van der Waals surface area contributed by atoms with Crippen LogP contribution in [0.15, 0.2) is 324 Å². The van der Waals surface area contributed by atoms with Gasteiger partial charge >= 0.3 is 0 Å². The zero-order chi connectivity index (χ0) is 57.8. The Bertz CT molecular complexity index is 5720. The van der Waals surface area contributed by atoms with Crippen molar-refractivity contribution in [1.82, 2.24) is 0 Å². The van der Waals surface area contributed by atoms with Crippen LogP contribution >= 0.6 is 0 Å². The average molecular weight is 1120 g/mol. The number of fused-ring (bicyclic) bond motifs is 11. The third-order valence-corrected chi connectivity index (χ3v) is 18.5. The van der Waals surface area contributed by atoms with Gasteiger partial charge in [-0.25, -0.2) is 0 Å². The summed E-state index contributed by atoms with van der Waals surface area (Å²) in [5.74, 6) is 0. The maximum absolute atomic E-state index is 7.18. The third-order valence-electron chi connectivity index (χ3n) is 18.5. The molecule has 0 saturated carbocycles. The standard InChI is InChI=1S/C86H52O2/c1-4-22-53(23-5-1)61-37-21-43-77-84(61)75-42-19-38-62(86(75)88-77)55-44-46-57(47-45-55)81-70-32-14-16-34-72(70)83(73-35-17-15-33-71(73)81)65-41-20-39-63-60(36-18-40-64(63)65)59-50-76(54-24-6-2-7-25-54)85-74-49-48-58(51-78(74)87-79(85)52-59)82-68-30-12-10-28-66(68)80(56-26-8-3-9-27-56)67-29-11-13-31-69(67)82/h1-52H. The van der Waals surface area contributed by atoms with E-state index in [1.165, 1.54) is 98.4 Å². The Morgan fingerprint density at radius 1 is 0.159 bits per heavy atom. The molecule has 408 valence electrons. The van der Waals surface area contributed by atoms with E-state index in [4.69, 9.17) is 8.83 Å². The van der Waals surface area contributed by atoms with Crippen molar-refractivity contribution in [1.29, 1.82) is 0 Å². The number of hydrogen-bond donors (Lipinski definition) is 0. The fourth-order valence-electron chi connectivity index (χ4n) is 14.7. The minimum Gasteiger partial charge on any atom is -0.456 e. The van der Waals surface area contributed by atoms with E-state index in [-0.39, 0.29) is 0 Å². The number of furan rings is 2. The number of rotatable bonds is 8.